The van der Waals surface area contributed by atoms with Crippen LogP contribution >= 0.6 is 15.9 Å². The number of aryl methyl sites for hydroxylation is 2. The molecule has 1 N–H and O–H groups in total. The number of Topliss-reactive ketones (excluding diaryl/α,β-unsaturated/α-hetero) is 1. The zero-order chi connectivity index (χ0) is 23.7. The Bertz CT molecular complexity index is 1260. The van der Waals surface area contributed by atoms with Gasteiger partial charge in [0.2, 0.25) is 0 Å². The van der Waals surface area contributed by atoms with E-state index >= 15 is 0 Å². The zero-order valence-corrected chi connectivity index (χ0v) is 20.2. The number of halogens is 1. The Balaban J connectivity index is 1.94. The number of rotatable bonds is 5. The van der Waals surface area contributed by atoms with Crippen LogP contribution in [0.15, 0.2) is 76.8 Å². The number of anilines is 1. The molecule has 168 valence electrons. The van der Waals surface area contributed by atoms with Crippen molar-refractivity contribution in [3.8, 4) is 5.75 Å². The fourth-order valence-electron chi connectivity index (χ4n) is 4.01. The molecule has 1 atom stereocenters. The predicted molar refractivity (Wildman–Crippen MR) is 132 cm³/mol. The quantitative estimate of drug-likeness (QED) is 0.258. The lowest BCUT2D eigenvalue weighted by Gasteiger charge is -2.26. The van der Waals surface area contributed by atoms with Gasteiger partial charge in [0, 0.05) is 15.7 Å². The summed E-state index contributed by atoms with van der Waals surface area (Å²) in [6.45, 7) is 6.23. The van der Waals surface area contributed by atoms with Crippen LogP contribution in [-0.4, -0.2) is 23.4 Å². The van der Waals surface area contributed by atoms with Crippen LogP contribution in [0.4, 0.5) is 5.69 Å². The number of nitrogens with zero attached hydrogens (tertiary/aromatic N) is 1. The molecule has 0 aromatic heterocycles. The topological polar surface area (TPSA) is 66.8 Å². The molecule has 1 aliphatic heterocycles. The lowest BCUT2D eigenvalue weighted by atomic mass is 9.94. The highest BCUT2D eigenvalue weighted by Crippen LogP contribution is 2.43. The SMILES string of the molecule is CCOc1cccc(C2/C(=C(/O)c3ccc(Br)c(C)c3)C(=O)C(=O)N2c2ccc(C)cc2)c1. The molecule has 0 bridgehead atoms. The van der Waals surface area contributed by atoms with Gasteiger partial charge in [-0.1, -0.05) is 51.8 Å². The third-order valence-corrected chi connectivity index (χ3v) is 6.56. The highest BCUT2D eigenvalue weighted by Gasteiger charge is 2.47. The van der Waals surface area contributed by atoms with Crippen molar-refractivity contribution in [2.24, 2.45) is 0 Å². The highest BCUT2D eigenvalue weighted by atomic mass is 79.9. The van der Waals surface area contributed by atoms with Crippen molar-refractivity contribution in [3.05, 3.63) is 99.0 Å². The van der Waals surface area contributed by atoms with Crippen LogP contribution in [0.3, 0.4) is 0 Å². The number of hydrogen-bond acceptors (Lipinski definition) is 4. The lowest BCUT2D eigenvalue weighted by Crippen LogP contribution is -2.29. The zero-order valence-electron chi connectivity index (χ0n) is 18.6. The summed E-state index contributed by atoms with van der Waals surface area (Å²) >= 11 is 3.46. The second-order valence-electron chi connectivity index (χ2n) is 7.97. The molecule has 3 aromatic carbocycles. The first kappa shape index (κ1) is 22.8. The number of hydrogen-bond donors (Lipinski definition) is 1. The minimum atomic E-state index is -0.794. The molecule has 0 spiro atoms. The molecular formula is C27H24BrNO4. The molecule has 0 aliphatic carbocycles. The van der Waals surface area contributed by atoms with Crippen molar-refractivity contribution in [3.63, 3.8) is 0 Å². The van der Waals surface area contributed by atoms with E-state index in [4.69, 9.17) is 4.74 Å². The Hall–Kier alpha value is -3.38. The van der Waals surface area contributed by atoms with Gasteiger partial charge in [0.25, 0.3) is 11.7 Å². The molecule has 1 aliphatic rings. The Morgan fingerprint density at radius 3 is 2.42 bits per heavy atom. The Kier molecular flexibility index (Phi) is 6.38. The average Bonchev–Trinajstić information content (AvgIpc) is 3.07. The largest absolute Gasteiger partial charge is 0.507 e. The summed E-state index contributed by atoms with van der Waals surface area (Å²) in [5.41, 5.74) is 3.73. The van der Waals surface area contributed by atoms with E-state index in [1.54, 1.807) is 18.2 Å². The van der Waals surface area contributed by atoms with E-state index in [0.29, 0.717) is 29.2 Å². The first-order chi connectivity index (χ1) is 15.8. The first-order valence-corrected chi connectivity index (χ1v) is 11.5. The van der Waals surface area contributed by atoms with Crippen LogP contribution in [0.25, 0.3) is 5.76 Å². The molecule has 1 unspecified atom stereocenters. The number of aliphatic hydroxyl groups excluding tert-OH is 1. The standard InChI is InChI=1S/C27H24BrNO4/c1-4-33-21-7-5-6-18(15-21)24-23(25(30)19-10-13-22(28)17(3)14-19)26(31)27(32)29(24)20-11-8-16(2)9-12-20/h5-15,24,30H,4H2,1-3H3/b25-23-. The predicted octanol–water partition coefficient (Wildman–Crippen LogP) is 6.09. The van der Waals surface area contributed by atoms with Crippen LogP contribution in [0.2, 0.25) is 0 Å². The third kappa shape index (κ3) is 4.31. The number of benzene rings is 3. The lowest BCUT2D eigenvalue weighted by molar-refractivity contribution is -0.132. The average molecular weight is 506 g/mol. The van der Waals surface area contributed by atoms with Gasteiger partial charge in [-0.2, -0.15) is 0 Å². The van der Waals surface area contributed by atoms with Gasteiger partial charge in [-0.15, -0.1) is 0 Å². The minimum Gasteiger partial charge on any atom is -0.507 e. The first-order valence-electron chi connectivity index (χ1n) is 10.7. The van der Waals surface area contributed by atoms with Crippen molar-refractivity contribution >= 4 is 39.1 Å². The monoisotopic (exact) mass is 505 g/mol. The second kappa shape index (κ2) is 9.24. The van der Waals surface area contributed by atoms with E-state index in [1.165, 1.54) is 4.90 Å². The smallest absolute Gasteiger partial charge is 0.300 e. The molecule has 6 heteroatoms. The van der Waals surface area contributed by atoms with E-state index < -0.39 is 17.7 Å². The van der Waals surface area contributed by atoms with Crippen LogP contribution in [0.5, 0.6) is 5.75 Å². The third-order valence-electron chi connectivity index (χ3n) is 5.67. The number of ether oxygens (including phenoxy) is 1. The van der Waals surface area contributed by atoms with Gasteiger partial charge in [-0.25, -0.2) is 0 Å². The van der Waals surface area contributed by atoms with Crippen LogP contribution < -0.4 is 9.64 Å². The summed E-state index contributed by atoms with van der Waals surface area (Å²) in [5.74, 6) is -0.976. The Labute approximate surface area is 201 Å². The van der Waals surface area contributed by atoms with Crippen molar-refractivity contribution < 1.29 is 19.4 Å². The molecule has 33 heavy (non-hydrogen) atoms. The van der Waals surface area contributed by atoms with E-state index in [-0.39, 0.29) is 11.3 Å². The van der Waals surface area contributed by atoms with Crippen LogP contribution in [0, 0.1) is 13.8 Å². The van der Waals surface area contributed by atoms with Gasteiger partial charge < -0.3 is 9.84 Å². The Morgan fingerprint density at radius 1 is 1.03 bits per heavy atom. The molecule has 5 nitrogen and oxygen atoms in total. The summed E-state index contributed by atoms with van der Waals surface area (Å²) in [6.07, 6.45) is 0. The summed E-state index contributed by atoms with van der Waals surface area (Å²) < 4.78 is 6.54. The summed E-state index contributed by atoms with van der Waals surface area (Å²) in [4.78, 5) is 28.0. The fourth-order valence-corrected chi connectivity index (χ4v) is 4.25. The number of carbonyl (C=O) groups excluding carboxylic acids is 2. The normalized spacial score (nSPS) is 17.5. The maximum Gasteiger partial charge on any atom is 0.300 e. The molecular weight excluding hydrogens is 482 g/mol. The maximum atomic E-state index is 13.3. The van der Waals surface area contributed by atoms with Gasteiger partial charge in [-0.3, -0.25) is 14.5 Å². The molecule has 3 aromatic rings. The molecule has 1 heterocycles. The van der Waals surface area contributed by atoms with Gasteiger partial charge in [0.05, 0.1) is 18.2 Å². The van der Waals surface area contributed by atoms with Gasteiger partial charge in [0.1, 0.15) is 11.5 Å². The second-order valence-corrected chi connectivity index (χ2v) is 8.83. The molecule has 1 fully saturated rings. The highest BCUT2D eigenvalue weighted by molar-refractivity contribution is 9.10. The molecule has 0 radical (unpaired) electrons. The van der Waals surface area contributed by atoms with Gasteiger partial charge >= 0.3 is 0 Å². The van der Waals surface area contributed by atoms with Crippen molar-refractivity contribution in [2.45, 2.75) is 26.8 Å². The molecule has 4 rings (SSSR count). The minimum absolute atomic E-state index is 0.0518. The molecule has 0 saturated carbocycles. The summed E-state index contributed by atoms with van der Waals surface area (Å²) in [5, 5.41) is 11.3. The van der Waals surface area contributed by atoms with Crippen molar-refractivity contribution in [1.29, 1.82) is 0 Å². The molecule has 1 saturated heterocycles. The maximum absolute atomic E-state index is 13.3. The fraction of sp³-hybridized carbons (Fsp3) is 0.185. The summed E-state index contributed by atoms with van der Waals surface area (Å²) in [7, 11) is 0. The number of amides is 1. The van der Waals surface area contributed by atoms with Gasteiger partial charge in [0.15, 0.2) is 0 Å². The van der Waals surface area contributed by atoms with Crippen LogP contribution in [0.1, 0.15) is 35.2 Å². The van der Waals surface area contributed by atoms with E-state index in [2.05, 4.69) is 15.9 Å². The van der Waals surface area contributed by atoms with Gasteiger partial charge in [-0.05, 0) is 68.3 Å². The number of carbonyl (C=O) groups is 2. The summed E-state index contributed by atoms with van der Waals surface area (Å²) in [6, 6.07) is 19.2. The van der Waals surface area contributed by atoms with E-state index in [1.807, 2.05) is 69.3 Å². The van der Waals surface area contributed by atoms with E-state index in [0.717, 1.165) is 15.6 Å². The molecule has 1 amide bonds. The van der Waals surface area contributed by atoms with Crippen molar-refractivity contribution in [2.75, 3.05) is 11.5 Å². The van der Waals surface area contributed by atoms with Crippen molar-refractivity contribution in [1.82, 2.24) is 0 Å². The number of aliphatic hydroxyl groups is 1. The number of ketones is 1. The van der Waals surface area contributed by atoms with Crippen LogP contribution in [-0.2, 0) is 9.59 Å². The Morgan fingerprint density at radius 2 is 1.76 bits per heavy atom. The van der Waals surface area contributed by atoms with E-state index in [9.17, 15) is 14.7 Å².